The fraction of sp³-hybridized carbons (Fsp3) is 0.118. The summed E-state index contributed by atoms with van der Waals surface area (Å²) >= 11 is 0. The Morgan fingerprint density at radius 2 is 1.73 bits per heavy atom. The third kappa shape index (κ3) is 2.74. The molecule has 0 amide bonds. The van der Waals surface area contributed by atoms with Gasteiger partial charge in [0, 0.05) is 0 Å². The van der Waals surface area contributed by atoms with E-state index in [0.717, 1.165) is 22.6 Å². The van der Waals surface area contributed by atoms with Crippen LogP contribution in [-0.2, 0) is 0 Å². The normalized spacial score (nSPS) is 10.5. The van der Waals surface area contributed by atoms with Crippen LogP contribution in [0.5, 0.6) is 0 Å². The first-order valence-corrected chi connectivity index (χ1v) is 7.11. The zero-order valence-electron chi connectivity index (χ0n) is 12.6. The van der Waals surface area contributed by atoms with Gasteiger partial charge in [0.25, 0.3) is 5.56 Å². The molecule has 1 aromatic heterocycles. The second-order valence-electron chi connectivity index (χ2n) is 5.21. The first kappa shape index (κ1) is 14.0. The molecule has 1 heterocycles. The quantitative estimate of drug-likeness (QED) is 0.647. The molecular formula is C17H18N4O. The van der Waals surface area contributed by atoms with Gasteiger partial charge in [-0.1, -0.05) is 30.3 Å². The molecule has 0 saturated carbocycles. The van der Waals surface area contributed by atoms with Crippen molar-refractivity contribution in [1.82, 2.24) is 9.78 Å². The van der Waals surface area contributed by atoms with Gasteiger partial charge < -0.3 is 5.43 Å². The lowest BCUT2D eigenvalue weighted by Gasteiger charge is -2.08. The minimum atomic E-state index is -0.121. The van der Waals surface area contributed by atoms with Crippen molar-refractivity contribution in [2.75, 3.05) is 10.9 Å². The van der Waals surface area contributed by atoms with Crippen molar-refractivity contribution in [3.63, 3.8) is 0 Å². The van der Waals surface area contributed by atoms with E-state index in [2.05, 4.69) is 16.0 Å². The molecule has 0 atom stereocenters. The maximum atomic E-state index is 12.5. The Hall–Kier alpha value is -2.95. The van der Waals surface area contributed by atoms with E-state index in [1.807, 2.05) is 68.4 Å². The predicted molar refractivity (Wildman–Crippen MR) is 89.6 cm³/mol. The zero-order valence-corrected chi connectivity index (χ0v) is 12.6. The van der Waals surface area contributed by atoms with Gasteiger partial charge >= 0.3 is 0 Å². The van der Waals surface area contributed by atoms with E-state index in [-0.39, 0.29) is 5.56 Å². The molecule has 0 aliphatic heterocycles. The van der Waals surface area contributed by atoms with Gasteiger partial charge in [-0.2, -0.15) is 0 Å². The largest absolute Gasteiger partial charge is 0.301 e. The van der Waals surface area contributed by atoms with E-state index in [9.17, 15) is 4.79 Å². The van der Waals surface area contributed by atoms with Gasteiger partial charge in [0.05, 0.1) is 17.1 Å². The van der Waals surface area contributed by atoms with E-state index in [4.69, 9.17) is 0 Å². The fourth-order valence-electron chi connectivity index (χ4n) is 2.31. The van der Waals surface area contributed by atoms with E-state index >= 15 is 0 Å². The second kappa shape index (κ2) is 5.81. The molecule has 3 aromatic rings. The molecule has 112 valence electrons. The summed E-state index contributed by atoms with van der Waals surface area (Å²) in [4.78, 5) is 12.5. The molecule has 0 aliphatic rings. The van der Waals surface area contributed by atoms with Crippen LogP contribution in [0.4, 0.5) is 11.4 Å². The lowest BCUT2D eigenvalue weighted by atomic mass is 10.2. The van der Waals surface area contributed by atoms with Crippen LogP contribution >= 0.6 is 0 Å². The first-order valence-electron chi connectivity index (χ1n) is 7.11. The number of aromatic amines is 1. The zero-order chi connectivity index (χ0) is 15.5. The summed E-state index contributed by atoms with van der Waals surface area (Å²) < 4.78 is 1.52. The molecule has 0 spiro atoms. The second-order valence-corrected chi connectivity index (χ2v) is 5.21. The van der Waals surface area contributed by atoms with Crippen molar-refractivity contribution < 1.29 is 0 Å². The molecule has 0 unspecified atom stereocenters. The fourth-order valence-corrected chi connectivity index (χ4v) is 2.31. The summed E-state index contributed by atoms with van der Waals surface area (Å²) in [5.74, 6) is 0. The van der Waals surface area contributed by atoms with Crippen LogP contribution in [-0.4, -0.2) is 9.78 Å². The first-order chi connectivity index (χ1) is 10.6. The standard InChI is InChI=1S/C17H18N4O/c1-12-7-6-8-14(11-12)18-19-16-13(2)20-21(17(16)22)15-9-4-3-5-10-15/h3-11,18-20H,1-2H3. The van der Waals surface area contributed by atoms with Gasteiger partial charge in [0.1, 0.15) is 5.69 Å². The summed E-state index contributed by atoms with van der Waals surface area (Å²) in [7, 11) is 0. The minimum absolute atomic E-state index is 0.121. The van der Waals surface area contributed by atoms with Crippen molar-refractivity contribution >= 4 is 11.4 Å². The number of nitrogens with zero attached hydrogens (tertiary/aromatic N) is 1. The molecule has 0 saturated heterocycles. The summed E-state index contributed by atoms with van der Waals surface area (Å²) in [6, 6.07) is 17.4. The summed E-state index contributed by atoms with van der Waals surface area (Å²) in [6.07, 6.45) is 0. The predicted octanol–water partition coefficient (Wildman–Crippen LogP) is 3.22. The number of rotatable bonds is 4. The Balaban J connectivity index is 1.86. The number of H-pyrrole nitrogens is 1. The molecule has 0 bridgehead atoms. The van der Waals surface area contributed by atoms with Crippen molar-refractivity contribution in [2.24, 2.45) is 0 Å². The third-order valence-electron chi connectivity index (χ3n) is 3.44. The molecule has 0 radical (unpaired) electrons. The van der Waals surface area contributed by atoms with Crippen LogP contribution in [0.1, 0.15) is 11.3 Å². The SMILES string of the molecule is Cc1cccc(NNc2c(C)[nH]n(-c3ccccc3)c2=O)c1. The van der Waals surface area contributed by atoms with Crippen LogP contribution < -0.4 is 16.4 Å². The van der Waals surface area contributed by atoms with Crippen LogP contribution in [0, 0.1) is 13.8 Å². The minimum Gasteiger partial charge on any atom is -0.301 e. The number of para-hydroxylation sites is 1. The lowest BCUT2D eigenvalue weighted by molar-refractivity contribution is 0.835. The van der Waals surface area contributed by atoms with Gasteiger partial charge in [-0.25, -0.2) is 4.68 Å². The lowest BCUT2D eigenvalue weighted by Crippen LogP contribution is -2.20. The molecule has 2 aromatic carbocycles. The highest BCUT2D eigenvalue weighted by atomic mass is 16.1. The molecule has 0 aliphatic carbocycles. The molecule has 3 N–H and O–H groups in total. The smallest absolute Gasteiger partial charge is 0.296 e. The number of anilines is 2. The average molecular weight is 294 g/mol. The van der Waals surface area contributed by atoms with Crippen LogP contribution in [0.15, 0.2) is 59.4 Å². The Kier molecular flexibility index (Phi) is 3.70. The highest BCUT2D eigenvalue weighted by Crippen LogP contribution is 2.13. The average Bonchev–Trinajstić information content (AvgIpc) is 2.81. The Bertz CT molecular complexity index is 833. The molecule has 22 heavy (non-hydrogen) atoms. The topological polar surface area (TPSA) is 61.8 Å². The van der Waals surface area contributed by atoms with E-state index in [1.165, 1.54) is 4.68 Å². The number of hydrogen-bond donors (Lipinski definition) is 3. The number of hydrogen-bond acceptors (Lipinski definition) is 3. The van der Waals surface area contributed by atoms with Crippen molar-refractivity contribution in [3.8, 4) is 5.69 Å². The van der Waals surface area contributed by atoms with Gasteiger partial charge in [-0.3, -0.25) is 15.3 Å². The van der Waals surface area contributed by atoms with E-state index in [0.29, 0.717) is 5.69 Å². The van der Waals surface area contributed by atoms with Crippen LogP contribution in [0.2, 0.25) is 0 Å². The maximum absolute atomic E-state index is 12.5. The number of aromatic nitrogens is 2. The molecule has 5 heteroatoms. The third-order valence-corrected chi connectivity index (χ3v) is 3.44. The number of nitrogens with one attached hydrogen (secondary N) is 3. The van der Waals surface area contributed by atoms with Crippen molar-refractivity contribution in [2.45, 2.75) is 13.8 Å². The van der Waals surface area contributed by atoms with E-state index < -0.39 is 0 Å². The van der Waals surface area contributed by atoms with Gasteiger partial charge in [0.2, 0.25) is 0 Å². The molecule has 0 fully saturated rings. The molecular weight excluding hydrogens is 276 g/mol. The summed E-state index contributed by atoms with van der Waals surface area (Å²) in [5, 5.41) is 3.08. The highest BCUT2D eigenvalue weighted by Gasteiger charge is 2.11. The van der Waals surface area contributed by atoms with Crippen molar-refractivity contribution in [1.29, 1.82) is 0 Å². The summed E-state index contributed by atoms with van der Waals surface area (Å²) in [6.45, 7) is 3.89. The van der Waals surface area contributed by atoms with Gasteiger partial charge in [0.15, 0.2) is 0 Å². The maximum Gasteiger partial charge on any atom is 0.296 e. The van der Waals surface area contributed by atoms with Gasteiger partial charge in [-0.05, 0) is 43.7 Å². The van der Waals surface area contributed by atoms with Crippen LogP contribution in [0.3, 0.4) is 0 Å². The molecule has 3 rings (SSSR count). The number of benzene rings is 2. The Labute approximate surface area is 128 Å². The molecule has 5 nitrogen and oxygen atoms in total. The number of hydrazine groups is 1. The monoisotopic (exact) mass is 294 g/mol. The summed E-state index contributed by atoms with van der Waals surface area (Å²) in [5.41, 5.74) is 10.1. The number of aryl methyl sites for hydroxylation is 2. The van der Waals surface area contributed by atoms with Gasteiger partial charge in [-0.15, -0.1) is 0 Å². The van der Waals surface area contributed by atoms with Crippen LogP contribution in [0.25, 0.3) is 5.69 Å². The van der Waals surface area contributed by atoms with E-state index in [1.54, 1.807) is 0 Å². The Morgan fingerprint density at radius 1 is 0.955 bits per heavy atom. The Morgan fingerprint density at radius 3 is 2.45 bits per heavy atom. The highest BCUT2D eigenvalue weighted by molar-refractivity contribution is 5.55. The van der Waals surface area contributed by atoms with Crippen molar-refractivity contribution in [3.05, 3.63) is 76.2 Å².